The fourth-order valence-electron chi connectivity index (χ4n) is 2.33. The second kappa shape index (κ2) is 5.24. The predicted octanol–water partition coefficient (Wildman–Crippen LogP) is -0.267. The lowest BCUT2D eigenvalue weighted by molar-refractivity contribution is 0.500. The van der Waals surface area contributed by atoms with Gasteiger partial charge in [0.05, 0.1) is 0 Å². The van der Waals surface area contributed by atoms with Crippen LogP contribution >= 0.6 is 0 Å². The van der Waals surface area contributed by atoms with Gasteiger partial charge in [0.1, 0.15) is 5.82 Å². The SMILES string of the molecule is CCc1nc2c(c(=O)n(CC(N)CC)c(=O)n2C)n1C. The van der Waals surface area contributed by atoms with Gasteiger partial charge in [0.2, 0.25) is 0 Å². The Hall–Kier alpha value is -1.89. The lowest BCUT2D eigenvalue weighted by Gasteiger charge is -2.12. The van der Waals surface area contributed by atoms with E-state index in [1.807, 2.05) is 13.8 Å². The minimum atomic E-state index is -0.368. The van der Waals surface area contributed by atoms with Crippen molar-refractivity contribution in [2.24, 2.45) is 19.8 Å². The number of aryl methyl sites for hydroxylation is 3. The number of rotatable bonds is 4. The molecule has 2 aromatic heterocycles. The van der Waals surface area contributed by atoms with E-state index in [0.29, 0.717) is 24.0 Å². The summed E-state index contributed by atoms with van der Waals surface area (Å²) < 4.78 is 4.38. The summed E-state index contributed by atoms with van der Waals surface area (Å²) in [4.78, 5) is 29.2. The maximum Gasteiger partial charge on any atom is 0.332 e. The molecule has 0 aliphatic carbocycles. The third-order valence-corrected chi connectivity index (χ3v) is 3.71. The van der Waals surface area contributed by atoms with Crippen LogP contribution < -0.4 is 17.0 Å². The number of imidazole rings is 1. The standard InChI is InChI=1S/C13H21N5O2/c1-5-8(14)7-18-12(19)10-11(17(4)13(18)20)15-9(6-2)16(10)3/h8H,5-7,14H2,1-4H3. The zero-order valence-electron chi connectivity index (χ0n) is 12.4. The minimum absolute atomic E-state index is 0.211. The molecule has 2 rings (SSSR count). The van der Waals surface area contributed by atoms with E-state index in [4.69, 9.17) is 5.73 Å². The van der Waals surface area contributed by atoms with Crippen molar-refractivity contribution in [2.45, 2.75) is 39.3 Å². The average molecular weight is 279 g/mol. The fraction of sp³-hybridized carbons (Fsp3) is 0.615. The Morgan fingerprint density at radius 3 is 2.40 bits per heavy atom. The number of hydrogen-bond acceptors (Lipinski definition) is 4. The number of aromatic nitrogens is 4. The van der Waals surface area contributed by atoms with Gasteiger partial charge in [-0.1, -0.05) is 13.8 Å². The molecule has 7 nitrogen and oxygen atoms in total. The molecule has 2 aromatic rings. The van der Waals surface area contributed by atoms with Crippen molar-refractivity contribution in [2.75, 3.05) is 0 Å². The number of hydrogen-bond donors (Lipinski definition) is 1. The first kappa shape index (κ1) is 14.5. The summed E-state index contributed by atoms with van der Waals surface area (Å²) in [6.45, 7) is 4.12. The van der Waals surface area contributed by atoms with Crippen molar-refractivity contribution in [3.8, 4) is 0 Å². The largest absolute Gasteiger partial charge is 0.332 e. The molecule has 0 amide bonds. The first-order valence-electron chi connectivity index (χ1n) is 6.83. The fourth-order valence-corrected chi connectivity index (χ4v) is 2.33. The highest BCUT2D eigenvalue weighted by molar-refractivity contribution is 5.70. The van der Waals surface area contributed by atoms with E-state index in [1.54, 1.807) is 18.7 Å². The van der Waals surface area contributed by atoms with E-state index >= 15 is 0 Å². The van der Waals surface area contributed by atoms with Crippen LogP contribution in [-0.2, 0) is 27.1 Å². The molecule has 0 aromatic carbocycles. The van der Waals surface area contributed by atoms with E-state index in [0.717, 1.165) is 5.82 Å². The Labute approximate surface area is 116 Å². The van der Waals surface area contributed by atoms with Crippen molar-refractivity contribution in [1.29, 1.82) is 0 Å². The van der Waals surface area contributed by atoms with Gasteiger partial charge in [0, 0.05) is 33.1 Å². The van der Waals surface area contributed by atoms with Gasteiger partial charge in [-0.05, 0) is 6.42 Å². The summed E-state index contributed by atoms with van der Waals surface area (Å²) >= 11 is 0. The number of fused-ring (bicyclic) bond motifs is 1. The van der Waals surface area contributed by atoms with E-state index in [1.165, 1.54) is 9.13 Å². The summed E-state index contributed by atoms with van der Waals surface area (Å²) in [5.74, 6) is 0.782. The molecule has 0 radical (unpaired) electrons. The van der Waals surface area contributed by atoms with E-state index in [-0.39, 0.29) is 23.8 Å². The molecule has 0 fully saturated rings. The molecule has 110 valence electrons. The molecule has 1 unspecified atom stereocenters. The lowest BCUT2D eigenvalue weighted by Crippen LogP contribution is -2.43. The van der Waals surface area contributed by atoms with Gasteiger partial charge in [-0.2, -0.15) is 0 Å². The highest BCUT2D eigenvalue weighted by atomic mass is 16.2. The first-order chi connectivity index (χ1) is 9.42. The Bertz CT molecular complexity index is 753. The average Bonchev–Trinajstić information content (AvgIpc) is 2.78. The van der Waals surface area contributed by atoms with Crippen LogP contribution in [0.2, 0.25) is 0 Å². The molecule has 0 bridgehead atoms. The van der Waals surface area contributed by atoms with Crippen LogP contribution in [0, 0.1) is 0 Å². The molecule has 0 saturated carbocycles. The zero-order valence-corrected chi connectivity index (χ0v) is 12.4. The summed E-state index contributed by atoms with van der Waals surface area (Å²) in [6.07, 6.45) is 1.41. The highest BCUT2D eigenvalue weighted by Crippen LogP contribution is 2.09. The Kier molecular flexibility index (Phi) is 3.80. The van der Waals surface area contributed by atoms with Crippen molar-refractivity contribution >= 4 is 11.2 Å². The van der Waals surface area contributed by atoms with Crippen molar-refractivity contribution < 1.29 is 0 Å². The topological polar surface area (TPSA) is 87.8 Å². The Balaban J connectivity index is 2.82. The van der Waals surface area contributed by atoms with Crippen molar-refractivity contribution in [3.05, 3.63) is 26.7 Å². The van der Waals surface area contributed by atoms with Gasteiger partial charge in [0.15, 0.2) is 11.2 Å². The lowest BCUT2D eigenvalue weighted by atomic mass is 10.2. The van der Waals surface area contributed by atoms with Gasteiger partial charge in [0.25, 0.3) is 5.56 Å². The second-order valence-electron chi connectivity index (χ2n) is 5.04. The summed E-state index contributed by atoms with van der Waals surface area (Å²) in [5, 5.41) is 0. The van der Waals surface area contributed by atoms with Crippen LogP contribution in [-0.4, -0.2) is 24.7 Å². The van der Waals surface area contributed by atoms with Crippen molar-refractivity contribution in [1.82, 2.24) is 18.7 Å². The second-order valence-corrected chi connectivity index (χ2v) is 5.04. The van der Waals surface area contributed by atoms with Crippen LogP contribution in [0.4, 0.5) is 0 Å². The molecule has 0 spiro atoms. The van der Waals surface area contributed by atoms with E-state index < -0.39 is 0 Å². The van der Waals surface area contributed by atoms with E-state index in [2.05, 4.69) is 4.98 Å². The molecule has 0 aliphatic rings. The van der Waals surface area contributed by atoms with Crippen LogP contribution in [0.25, 0.3) is 11.2 Å². The quantitative estimate of drug-likeness (QED) is 0.834. The van der Waals surface area contributed by atoms with Crippen LogP contribution in [0.5, 0.6) is 0 Å². The monoisotopic (exact) mass is 279 g/mol. The molecule has 0 saturated heterocycles. The molecule has 7 heteroatoms. The first-order valence-corrected chi connectivity index (χ1v) is 6.83. The van der Waals surface area contributed by atoms with Crippen LogP contribution in [0.15, 0.2) is 9.59 Å². The molecular weight excluding hydrogens is 258 g/mol. The molecule has 20 heavy (non-hydrogen) atoms. The molecule has 1 atom stereocenters. The molecule has 2 heterocycles. The van der Waals surface area contributed by atoms with Gasteiger partial charge in [-0.15, -0.1) is 0 Å². The van der Waals surface area contributed by atoms with Crippen molar-refractivity contribution in [3.63, 3.8) is 0 Å². The Morgan fingerprint density at radius 1 is 1.20 bits per heavy atom. The van der Waals surface area contributed by atoms with Gasteiger partial charge >= 0.3 is 5.69 Å². The maximum atomic E-state index is 12.5. The maximum absolute atomic E-state index is 12.5. The third-order valence-electron chi connectivity index (χ3n) is 3.71. The molecule has 0 aliphatic heterocycles. The highest BCUT2D eigenvalue weighted by Gasteiger charge is 2.18. The van der Waals surface area contributed by atoms with Crippen LogP contribution in [0.1, 0.15) is 26.1 Å². The summed E-state index contributed by atoms with van der Waals surface area (Å²) in [7, 11) is 3.43. The Morgan fingerprint density at radius 2 is 1.85 bits per heavy atom. The minimum Gasteiger partial charge on any atom is -0.326 e. The van der Waals surface area contributed by atoms with Gasteiger partial charge in [-0.3, -0.25) is 13.9 Å². The smallest absolute Gasteiger partial charge is 0.326 e. The zero-order chi connectivity index (χ0) is 15.0. The molecular formula is C13H21N5O2. The predicted molar refractivity (Wildman–Crippen MR) is 77.9 cm³/mol. The summed E-state index contributed by atoms with van der Waals surface area (Å²) in [5.41, 5.74) is 6.07. The molecule has 2 N–H and O–H groups in total. The third kappa shape index (κ3) is 2.07. The summed E-state index contributed by atoms with van der Waals surface area (Å²) in [6, 6.07) is -0.211. The van der Waals surface area contributed by atoms with Gasteiger partial charge < -0.3 is 10.3 Å². The normalized spacial score (nSPS) is 13.1. The number of nitrogens with zero attached hydrogens (tertiary/aromatic N) is 4. The van der Waals surface area contributed by atoms with Gasteiger partial charge in [-0.25, -0.2) is 9.78 Å². The number of nitrogens with two attached hydrogens (primary N) is 1. The van der Waals surface area contributed by atoms with Crippen LogP contribution in [0.3, 0.4) is 0 Å². The van der Waals surface area contributed by atoms with E-state index in [9.17, 15) is 9.59 Å².